The standard InChI is InChI=1S/C24H27BFN3O2/c1-16-21(14-15-27)29(28-22(16)17-6-10-19(26)11-7-17)20-12-8-18(9-13-20)25-30-23(2,3)24(4,5)31-25/h6-13,16,21H,14H2,1-5H3/t16-,21-/m0/s1. The second-order valence-corrected chi connectivity index (χ2v) is 9.23. The maximum absolute atomic E-state index is 13.4. The Hall–Kier alpha value is -2.69. The van der Waals surface area contributed by atoms with Gasteiger partial charge in [0.25, 0.3) is 0 Å². The number of nitrogens with zero attached hydrogens (tertiary/aromatic N) is 3. The van der Waals surface area contributed by atoms with Crippen molar-refractivity contribution in [3.05, 3.63) is 59.9 Å². The third-order valence-electron chi connectivity index (χ3n) is 6.66. The minimum atomic E-state index is -0.426. The molecule has 2 aliphatic rings. The van der Waals surface area contributed by atoms with Crippen LogP contribution in [0.15, 0.2) is 53.6 Å². The molecule has 0 amide bonds. The molecule has 0 bridgehead atoms. The van der Waals surface area contributed by atoms with Crippen molar-refractivity contribution in [2.75, 3.05) is 5.01 Å². The van der Waals surface area contributed by atoms with E-state index in [0.717, 1.165) is 22.4 Å². The zero-order valence-electron chi connectivity index (χ0n) is 18.6. The summed E-state index contributed by atoms with van der Waals surface area (Å²) in [6.07, 6.45) is 0.342. The highest BCUT2D eigenvalue weighted by Gasteiger charge is 2.51. The van der Waals surface area contributed by atoms with E-state index in [4.69, 9.17) is 14.4 Å². The molecule has 31 heavy (non-hydrogen) atoms. The van der Waals surface area contributed by atoms with Gasteiger partial charge in [-0.05, 0) is 63.0 Å². The van der Waals surface area contributed by atoms with Crippen molar-refractivity contribution in [1.29, 1.82) is 5.26 Å². The molecule has 0 aliphatic carbocycles. The molecule has 2 aromatic rings. The Morgan fingerprint density at radius 1 is 1.03 bits per heavy atom. The number of benzene rings is 2. The second-order valence-electron chi connectivity index (χ2n) is 9.23. The average Bonchev–Trinajstić information content (AvgIpc) is 3.16. The van der Waals surface area contributed by atoms with Gasteiger partial charge in [-0.3, -0.25) is 5.01 Å². The molecule has 2 heterocycles. The van der Waals surface area contributed by atoms with Gasteiger partial charge >= 0.3 is 7.12 Å². The molecule has 1 saturated heterocycles. The molecule has 1 fully saturated rings. The minimum absolute atomic E-state index is 0.0351. The van der Waals surface area contributed by atoms with Gasteiger partial charge in [-0.15, -0.1) is 0 Å². The first-order valence-corrected chi connectivity index (χ1v) is 10.6. The normalized spacial score (nSPS) is 24.2. The third kappa shape index (κ3) is 3.86. The van der Waals surface area contributed by atoms with E-state index in [-0.39, 0.29) is 17.8 Å². The van der Waals surface area contributed by atoms with Gasteiger partial charge in [-0.25, -0.2) is 4.39 Å². The number of hydrazone groups is 1. The minimum Gasteiger partial charge on any atom is -0.399 e. The van der Waals surface area contributed by atoms with Crippen LogP contribution in [-0.2, 0) is 9.31 Å². The van der Waals surface area contributed by atoms with Crippen molar-refractivity contribution < 1.29 is 13.7 Å². The molecule has 0 spiro atoms. The van der Waals surface area contributed by atoms with Gasteiger partial charge in [0, 0.05) is 5.92 Å². The summed E-state index contributed by atoms with van der Waals surface area (Å²) >= 11 is 0. The lowest BCUT2D eigenvalue weighted by Crippen LogP contribution is -2.41. The predicted octanol–water partition coefficient (Wildman–Crippen LogP) is 4.27. The van der Waals surface area contributed by atoms with Gasteiger partial charge < -0.3 is 9.31 Å². The van der Waals surface area contributed by atoms with Crippen LogP contribution in [0, 0.1) is 23.1 Å². The van der Waals surface area contributed by atoms with Crippen molar-refractivity contribution >= 4 is 24.0 Å². The van der Waals surface area contributed by atoms with Crippen LogP contribution in [0.4, 0.5) is 10.1 Å². The number of hydrogen-bond donors (Lipinski definition) is 0. The van der Waals surface area contributed by atoms with E-state index in [1.807, 2.05) is 57.0 Å². The number of rotatable bonds is 4. The van der Waals surface area contributed by atoms with Crippen molar-refractivity contribution in [1.82, 2.24) is 0 Å². The Balaban J connectivity index is 1.61. The highest BCUT2D eigenvalue weighted by molar-refractivity contribution is 6.62. The highest BCUT2D eigenvalue weighted by Crippen LogP contribution is 2.37. The molecule has 2 aliphatic heterocycles. The van der Waals surface area contributed by atoms with E-state index in [1.54, 1.807) is 12.1 Å². The number of anilines is 1. The zero-order chi connectivity index (χ0) is 22.4. The first-order valence-electron chi connectivity index (χ1n) is 10.6. The van der Waals surface area contributed by atoms with Crippen LogP contribution in [0.5, 0.6) is 0 Å². The first kappa shape index (κ1) is 21.5. The summed E-state index contributed by atoms with van der Waals surface area (Å²) in [5.41, 5.74) is 2.77. The van der Waals surface area contributed by atoms with Gasteiger partial charge in [0.1, 0.15) is 5.82 Å². The summed E-state index contributed by atoms with van der Waals surface area (Å²) < 4.78 is 25.6. The van der Waals surface area contributed by atoms with E-state index in [9.17, 15) is 9.65 Å². The zero-order valence-corrected chi connectivity index (χ0v) is 18.6. The van der Waals surface area contributed by atoms with Gasteiger partial charge in [0.2, 0.25) is 0 Å². The van der Waals surface area contributed by atoms with E-state index in [0.29, 0.717) is 6.42 Å². The molecule has 2 aromatic carbocycles. The van der Waals surface area contributed by atoms with Gasteiger partial charge in [0.05, 0.1) is 41.1 Å². The maximum atomic E-state index is 13.4. The summed E-state index contributed by atoms with van der Waals surface area (Å²) in [6.45, 7) is 10.2. The lowest BCUT2D eigenvalue weighted by atomic mass is 9.79. The topological polar surface area (TPSA) is 57.9 Å². The molecular formula is C24H27BFN3O2. The Morgan fingerprint density at radius 3 is 2.16 bits per heavy atom. The van der Waals surface area contributed by atoms with Crippen LogP contribution in [-0.4, -0.2) is 30.1 Å². The van der Waals surface area contributed by atoms with E-state index < -0.39 is 18.3 Å². The molecular weight excluding hydrogens is 392 g/mol. The smallest absolute Gasteiger partial charge is 0.399 e. The predicted molar refractivity (Wildman–Crippen MR) is 121 cm³/mol. The fraction of sp³-hybridized carbons (Fsp3) is 0.417. The monoisotopic (exact) mass is 419 g/mol. The summed E-state index contributed by atoms with van der Waals surface area (Å²) in [4.78, 5) is 0. The van der Waals surface area contributed by atoms with Crippen molar-refractivity contribution in [3.8, 4) is 6.07 Å². The van der Waals surface area contributed by atoms with E-state index in [1.165, 1.54) is 12.1 Å². The molecule has 5 nitrogen and oxygen atoms in total. The van der Waals surface area contributed by atoms with Gasteiger partial charge in [-0.2, -0.15) is 10.4 Å². The van der Waals surface area contributed by atoms with Crippen LogP contribution >= 0.6 is 0 Å². The maximum Gasteiger partial charge on any atom is 0.494 e. The van der Waals surface area contributed by atoms with Crippen molar-refractivity contribution in [2.24, 2.45) is 11.0 Å². The number of halogens is 1. The van der Waals surface area contributed by atoms with Crippen LogP contribution in [0.1, 0.15) is 46.6 Å². The first-order chi connectivity index (χ1) is 14.6. The largest absolute Gasteiger partial charge is 0.494 e. The average molecular weight is 419 g/mol. The van der Waals surface area contributed by atoms with Crippen molar-refractivity contribution in [2.45, 2.75) is 58.3 Å². The lowest BCUT2D eigenvalue weighted by Gasteiger charge is -2.32. The van der Waals surface area contributed by atoms with E-state index in [2.05, 4.69) is 13.0 Å². The summed E-state index contributed by atoms with van der Waals surface area (Å²) in [7, 11) is -0.426. The molecule has 4 rings (SSSR count). The van der Waals surface area contributed by atoms with E-state index >= 15 is 0 Å². The van der Waals surface area contributed by atoms with Crippen LogP contribution in [0.3, 0.4) is 0 Å². The fourth-order valence-electron chi connectivity index (χ4n) is 3.99. The lowest BCUT2D eigenvalue weighted by molar-refractivity contribution is 0.00578. The van der Waals surface area contributed by atoms with Gasteiger partial charge in [-0.1, -0.05) is 31.2 Å². The molecule has 2 atom stereocenters. The van der Waals surface area contributed by atoms with Crippen molar-refractivity contribution in [3.63, 3.8) is 0 Å². The Labute approximate surface area is 183 Å². The number of hydrogen-bond acceptors (Lipinski definition) is 5. The Bertz CT molecular complexity index is 1010. The van der Waals surface area contributed by atoms with Crippen LogP contribution < -0.4 is 10.5 Å². The second kappa shape index (κ2) is 7.78. The summed E-state index contributed by atoms with van der Waals surface area (Å²) in [6, 6.07) is 16.5. The molecule has 0 unspecified atom stereocenters. The Morgan fingerprint density at radius 2 is 1.61 bits per heavy atom. The molecule has 0 N–H and O–H groups in total. The Kier molecular flexibility index (Phi) is 5.41. The molecule has 0 aromatic heterocycles. The molecule has 0 radical (unpaired) electrons. The quantitative estimate of drug-likeness (QED) is 0.695. The molecule has 7 heteroatoms. The van der Waals surface area contributed by atoms with Crippen LogP contribution in [0.2, 0.25) is 0 Å². The third-order valence-corrected chi connectivity index (χ3v) is 6.66. The van der Waals surface area contributed by atoms with Gasteiger partial charge in [0.15, 0.2) is 0 Å². The molecule has 160 valence electrons. The fourth-order valence-corrected chi connectivity index (χ4v) is 3.99. The summed E-state index contributed by atoms with van der Waals surface area (Å²) in [5.74, 6) is -0.244. The molecule has 0 saturated carbocycles. The van der Waals surface area contributed by atoms with Crippen LogP contribution in [0.25, 0.3) is 0 Å². The highest BCUT2D eigenvalue weighted by atomic mass is 19.1. The SMILES string of the molecule is C[C@@H]1C(c2ccc(F)cc2)=NN(c2ccc(B3OC(C)(C)C(C)(C)O3)cc2)[C@H]1CC#N. The number of nitriles is 1. The summed E-state index contributed by atoms with van der Waals surface area (Å²) in [5, 5.41) is 16.1.